The molecule has 0 heterocycles. The highest BCUT2D eigenvalue weighted by Crippen LogP contribution is 2.48. The van der Waals surface area contributed by atoms with Gasteiger partial charge < -0.3 is 20.1 Å². The Morgan fingerprint density at radius 3 is 1.76 bits per heavy atom. The van der Waals surface area contributed by atoms with E-state index >= 15 is 0 Å². The normalized spacial score (nSPS) is 10.8. The van der Waals surface area contributed by atoms with E-state index in [0.29, 0.717) is 28.6 Å². The fourth-order valence-electron chi connectivity index (χ4n) is 3.76. The van der Waals surface area contributed by atoms with Crippen LogP contribution in [-0.2, 0) is 0 Å². The molecule has 4 aromatic carbocycles. The zero-order chi connectivity index (χ0) is 23.7. The Morgan fingerprint density at radius 2 is 1.15 bits per heavy atom. The summed E-state index contributed by atoms with van der Waals surface area (Å²) in [5.74, 6) is 0.987. The largest absolute Gasteiger partial charge is 0.506 e. The first-order valence-electron chi connectivity index (χ1n) is 10.7. The molecule has 4 aromatic rings. The van der Waals surface area contributed by atoms with E-state index in [-0.39, 0.29) is 17.2 Å². The van der Waals surface area contributed by atoms with Gasteiger partial charge in [-0.05, 0) is 92.4 Å². The van der Waals surface area contributed by atoms with Crippen LogP contribution >= 0.6 is 0 Å². The minimum atomic E-state index is 0.0382. The zero-order valence-corrected chi connectivity index (χ0v) is 19.1. The number of para-hydroxylation sites is 2. The number of phenols is 3. The number of aryl methyl sites for hydroxylation is 3. The SMILES string of the molecule is Cc1ccc(O)c(N(c2cc(C)ccc2O)c2ccccc2Oc2c(O)ccc(C)c2C)c1. The van der Waals surface area contributed by atoms with Crippen LogP contribution in [0.15, 0.2) is 72.8 Å². The van der Waals surface area contributed by atoms with Crippen molar-refractivity contribution < 1.29 is 20.1 Å². The van der Waals surface area contributed by atoms with Gasteiger partial charge in [0.05, 0.1) is 17.1 Å². The molecule has 0 aliphatic rings. The highest BCUT2D eigenvalue weighted by Gasteiger charge is 2.23. The van der Waals surface area contributed by atoms with Crippen molar-refractivity contribution in [2.45, 2.75) is 27.7 Å². The molecule has 4 rings (SSSR count). The average molecular weight is 442 g/mol. The van der Waals surface area contributed by atoms with Crippen LogP contribution in [0.25, 0.3) is 0 Å². The molecule has 0 aliphatic heterocycles. The molecule has 0 saturated carbocycles. The van der Waals surface area contributed by atoms with Gasteiger partial charge >= 0.3 is 0 Å². The summed E-state index contributed by atoms with van der Waals surface area (Å²) in [5.41, 5.74) is 5.31. The van der Waals surface area contributed by atoms with Crippen molar-refractivity contribution in [1.29, 1.82) is 0 Å². The predicted octanol–water partition coefficient (Wildman–Crippen LogP) is 7.30. The molecule has 5 nitrogen and oxygen atoms in total. The minimum Gasteiger partial charge on any atom is -0.506 e. The van der Waals surface area contributed by atoms with Gasteiger partial charge in [0, 0.05) is 0 Å². The number of aromatic hydroxyl groups is 3. The first-order valence-corrected chi connectivity index (χ1v) is 10.7. The second-order valence-corrected chi connectivity index (χ2v) is 8.25. The summed E-state index contributed by atoms with van der Waals surface area (Å²) >= 11 is 0. The highest BCUT2D eigenvalue weighted by atomic mass is 16.5. The molecular weight excluding hydrogens is 414 g/mol. The van der Waals surface area contributed by atoms with Gasteiger partial charge in [0.25, 0.3) is 0 Å². The second kappa shape index (κ2) is 8.79. The van der Waals surface area contributed by atoms with Gasteiger partial charge in [-0.1, -0.05) is 30.3 Å². The van der Waals surface area contributed by atoms with Crippen molar-refractivity contribution in [3.63, 3.8) is 0 Å². The fourth-order valence-corrected chi connectivity index (χ4v) is 3.76. The summed E-state index contributed by atoms with van der Waals surface area (Å²) in [6.07, 6.45) is 0. The summed E-state index contributed by atoms with van der Waals surface area (Å²) in [4.78, 5) is 1.77. The number of hydrogen-bond acceptors (Lipinski definition) is 5. The topological polar surface area (TPSA) is 73.2 Å². The quantitative estimate of drug-likeness (QED) is 0.303. The van der Waals surface area contributed by atoms with E-state index in [2.05, 4.69) is 0 Å². The Balaban J connectivity index is 1.96. The van der Waals surface area contributed by atoms with Crippen molar-refractivity contribution in [3.8, 4) is 28.7 Å². The van der Waals surface area contributed by atoms with Crippen LogP contribution in [0.5, 0.6) is 28.7 Å². The van der Waals surface area contributed by atoms with Crippen LogP contribution in [0, 0.1) is 27.7 Å². The lowest BCUT2D eigenvalue weighted by Crippen LogP contribution is -2.12. The Hall–Kier alpha value is -4.12. The van der Waals surface area contributed by atoms with Crippen LogP contribution in [0.2, 0.25) is 0 Å². The molecule has 0 spiro atoms. The van der Waals surface area contributed by atoms with E-state index in [4.69, 9.17) is 4.74 Å². The monoisotopic (exact) mass is 441 g/mol. The Morgan fingerprint density at radius 1 is 0.606 bits per heavy atom. The molecule has 5 heteroatoms. The van der Waals surface area contributed by atoms with E-state index in [1.165, 1.54) is 0 Å². The lowest BCUT2D eigenvalue weighted by atomic mass is 10.1. The third-order valence-electron chi connectivity index (χ3n) is 5.72. The third kappa shape index (κ3) is 4.30. The molecule has 0 aromatic heterocycles. The van der Waals surface area contributed by atoms with E-state index in [9.17, 15) is 15.3 Å². The summed E-state index contributed by atoms with van der Waals surface area (Å²) in [5, 5.41) is 32.1. The second-order valence-electron chi connectivity index (χ2n) is 8.25. The lowest BCUT2D eigenvalue weighted by molar-refractivity contribution is 0.409. The van der Waals surface area contributed by atoms with Gasteiger partial charge in [0.15, 0.2) is 17.2 Å². The summed E-state index contributed by atoms with van der Waals surface area (Å²) in [6.45, 7) is 7.72. The number of benzene rings is 4. The molecule has 0 bridgehead atoms. The number of hydrogen-bond donors (Lipinski definition) is 3. The minimum absolute atomic E-state index is 0.0382. The molecule has 0 amide bonds. The first-order chi connectivity index (χ1) is 15.8. The van der Waals surface area contributed by atoms with Gasteiger partial charge in [-0.25, -0.2) is 0 Å². The Bertz CT molecular complexity index is 1280. The highest BCUT2D eigenvalue weighted by molar-refractivity contribution is 5.86. The fraction of sp³-hybridized carbons (Fsp3) is 0.143. The van der Waals surface area contributed by atoms with Gasteiger partial charge in [-0.3, -0.25) is 4.90 Å². The molecule has 168 valence electrons. The Labute approximate surface area is 193 Å². The summed E-state index contributed by atoms with van der Waals surface area (Å²) < 4.78 is 6.26. The Kier molecular flexibility index (Phi) is 5.88. The molecule has 0 atom stereocenters. The van der Waals surface area contributed by atoms with Crippen LogP contribution in [0.4, 0.5) is 17.1 Å². The van der Waals surface area contributed by atoms with Crippen LogP contribution in [0.3, 0.4) is 0 Å². The van der Waals surface area contributed by atoms with Crippen molar-refractivity contribution >= 4 is 17.1 Å². The van der Waals surface area contributed by atoms with E-state index in [1.807, 2.05) is 76.2 Å². The molecule has 33 heavy (non-hydrogen) atoms. The van der Waals surface area contributed by atoms with Crippen LogP contribution in [-0.4, -0.2) is 15.3 Å². The maximum Gasteiger partial charge on any atom is 0.172 e. The van der Waals surface area contributed by atoms with Crippen LogP contribution in [0.1, 0.15) is 22.3 Å². The van der Waals surface area contributed by atoms with Gasteiger partial charge in [0.1, 0.15) is 11.5 Å². The zero-order valence-electron chi connectivity index (χ0n) is 19.1. The molecule has 0 aliphatic carbocycles. The van der Waals surface area contributed by atoms with E-state index in [1.54, 1.807) is 29.2 Å². The van der Waals surface area contributed by atoms with Gasteiger partial charge in [-0.15, -0.1) is 0 Å². The summed E-state index contributed by atoms with van der Waals surface area (Å²) in [7, 11) is 0. The number of anilines is 3. The standard InChI is InChI=1S/C28H27NO4/c1-17-9-12-24(30)22(15-17)29(23-16-18(2)10-13-25(23)31)21-7-5-6-8-27(21)33-28-20(4)19(3)11-14-26(28)32/h5-16,30-32H,1-4H3. The molecule has 0 saturated heterocycles. The van der Waals surface area contributed by atoms with E-state index < -0.39 is 0 Å². The molecule has 3 N–H and O–H groups in total. The number of rotatable bonds is 5. The molecule has 0 fully saturated rings. The summed E-state index contributed by atoms with van der Waals surface area (Å²) in [6, 6.07) is 21.4. The molecule has 0 unspecified atom stereocenters. The number of nitrogens with zero attached hydrogens (tertiary/aromatic N) is 1. The molecule has 0 radical (unpaired) electrons. The predicted molar refractivity (Wildman–Crippen MR) is 132 cm³/mol. The smallest absolute Gasteiger partial charge is 0.172 e. The van der Waals surface area contributed by atoms with Crippen LogP contribution < -0.4 is 9.64 Å². The average Bonchev–Trinajstić information content (AvgIpc) is 2.79. The first kappa shape index (κ1) is 22.1. The maximum atomic E-state index is 10.8. The maximum absolute atomic E-state index is 10.8. The van der Waals surface area contributed by atoms with Gasteiger partial charge in [0.2, 0.25) is 0 Å². The van der Waals surface area contributed by atoms with E-state index in [0.717, 1.165) is 22.3 Å². The van der Waals surface area contributed by atoms with Crippen molar-refractivity contribution in [1.82, 2.24) is 0 Å². The van der Waals surface area contributed by atoms with Crippen molar-refractivity contribution in [3.05, 3.63) is 95.1 Å². The lowest BCUT2D eigenvalue weighted by Gasteiger charge is -2.29. The number of ether oxygens (including phenoxy) is 1. The van der Waals surface area contributed by atoms with Gasteiger partial charge in [-0.2, -0.15) is 0 Å². The van der Waals surface area contributed by atoms with Crippen molar-refractivity contribution in [2.75, 3.05) is 4.90 Å². The third-order valence-corrected chi connectivity index (χ3v) is 5.72. The number of phenolic OH excluding ortho intramolecular Hbond substituents is 3. The molecular formula is C28H27NO4. The van der Waals surface area contributed by atoms with Crippen molar-refractivity contribution in [2.24, 2.45) is 0 Å².